The molecule has 3 rings (SSSR count). The minimum Gasteiger partial charge on any atom is -0.493 e. The van der Waals surface area contributed by atoms with Crippen LogP contribution in [0.25, 0.3) is 6.08 Å². The second-order valence-corrected chi connectivity index (χ2v) is 6.98. The number of rotatable bonds is 9. The third kappa shape index (κ3) is 5.84. The first-order chi connectivity index (χ1) is 14.6. The highest BCUT2D eigenvalue weighted by molar-refractivity contribution is 6.06. The summed E-state index contributed by atoms with van der Waals surface area (Å²) in [6.07, 6.45) is 5.48. The summed E-state index contributed by atoms with van der Waals surface area (Å²) >= 11 is 0. The maximum absolute atomic E-state index is 12.2. The maximum atomic E-state index is 12.2. The van der Waals surface area contributed by atoms with E-state index in [2.05, 4.69) is 10.2 Å². The lowest BCUT2D eigenvalue weighted by molar-refractivity contribution is -0.111. The van der Waals surface area contributed by atoms with Crippen LogP contribution in [0.5, 0.6) is 11.5 Å². The summed E-state index contributed by atoms with van der Waals surface area (Å²) in [7, 11) is 1.58. The smallest absolute Gasteiger partial charge is 0.337 e. The SMILES string of the molecule is COc1cc(/C=C/C(=O)Nc2ccccc2C(=O)O)ccc1OCCN1CCCC1. The molecule has 2 aromatic rings. The average Bonchev–Trinajstić information content (AvgIpc) is 3.26. The largest absolute Gasteiger partial charge is 0.493 e. The molecule has 1 heterocycles. The number of carboxylic acids is 1. The molecule has 7 heteroatoms. The van der Waals surface area contributed by atoms with Crippen LogP contribution in [0.15, 0.2) is 48.5 Å². The zero-order chi connectivity index (χ0) is 21.3. The first-order valence-corrected chi connectivity index (χ1v) is 9.91. The summed E-state index contributed by atoms with van der Waals surface area (Å²) in [4.78, 5) is 25.8. The number of para-hydroxylation sites is 1. The first kappa shape index (κ1) is 21.4. The number of carbonyl (C=O) groups is 2. The summed E-state index contributed by atoms with van der Waals surface area (Å²) in [5, 5.41) is 11.8. The molecular weight excluding hydrogens is 384 g/mol. The summed E-state index contributed by atoms with van der Waals surface area (Å²) in [6.45, 7) is 3.74. The summed E-state index contributed by atoms with van der Waals surface area (Å²) < 4.78 is 11.3. The van der Waals surface area contributed by atoms with Crippen molar-refractivity contribution in [2.45, 2.75) is 12.8 Å². The molecule has 0 saturated carbocycles. The number of ether oxygens (including phenoxy) is 2. The Morgan fingerprint density at radius 2 is 1.90 bits per heavy atom. The zero-order valence-electron chi connectivity index (χ0n) is 17.0. The Balaban J connectivity index is 1.59. The number of amides is 1. The van der Waals surface area contributed by atoms with Crippen molar-refractivity contribution in [3.8, 4) is 11.5 Å². The van der Waals surface area contributed by atoms with Crippen LogP contribution in [0, 0.1) is 0 Å². The number of benzene rings is 2. The molecule has 0 aromatic heterocycles. The Morgan fingerprint density at radius 3 is 2.63 bits per heavy atom. The molecule has 2 aromatic carbocycles. The second-order valence-electron chi connectivity index (χ2n) is 6.98. The van der Waals surface area contributed by atoms with Crippen molar-refractivity contribution in [1.82, 2.24) is 4.90 Å². The number of carbonyl (C=O) groups excluding carboxylic acids is 1. The highest BCUT2D eigenvalue weighted by Crippen LogP contribution is 2.28. The average molecular weight is 410 g/mol. The molecule has 0 unspecified atom stereocenters. The fourth-order valence-corrected chi connectivity index (χ4v) is 3.32. The van der Waals surface area contributed by atoms with Gasteiger partial charge < -0.3 is 19.9 Å². The van der Waals surface area contributed by atoms with Crippen LogP contribution in [0.2, 0.25) is 0 Å². The first-order valence-electron chi connectivity index (χ1n) is 9.91. The molecule has 1 amide bonds. The molecule has 30 heavy (non-hydrogen) atoms. The highest BCUT2D eigenvalue weighted by atomic mass is 16.5. The molecule has 1 aliphatic heterocycles. The molecule has 0 bridgehead atoms. The maximum Gasteiger partial charge on any atom is 0.337 e. The fraction of sp³-hybridized carbons (Fsp3) is 0.304. The van der Waals surface area contributed by atoms with Crippen LogP contribution in [-0.4, -0.2) is 55.2 Å². The molecular formula is C23H26N2O5. The molecule has 1 aliphatic rings. The second kappa shape index (κ2) is 10.5. The Bertz CT molecular complexity index is 920. The van der Waals surface area contributed by atoms with Crippen molar-refractivity contribution in [3.05, 3.63) is 59.7 Å². The summed E-state index contributed by atoms with van der Waals surface area (Å²) in [5.41, 5.74) is 1.05. The van der Waals surface area contributed by atoms with E-state index in [0.29, 0.717) is 18.1 Å². The number of likely N-dealkylation sites (tertiary alicyclic amines) is 1. The van der Waals surface area contributed by atoms with Crippen molar-refractivity contribution in [2.75, 3.05) is 38.7 Å². The quantitative estimate of drug-likeness (QED) is 0.615. The van der Waals surface area contributed by atoms with E-state index < -0.39 is 11.9 Å². The van der Waals surface area contributed by atoms with Crippen molar-refractivity contribution < 1.29 is 24.2 Å². The van der Waals surface area contributed by atoms with E-state index in [1.807, 2.05) is 12.1 Å². The van der Waals surface area contributed by atoms with Gasteiger partial charge in [0.2, 0.25) is 5.91 Å². The van der Waals surface area contributed by atoms with Gasteiger partial charge in [-0.15, -0.1) is 0 Å². The number of hydrogen-bond acceptors (Lipinski definition) is 5. The van der Waals surface area contributed by atoms with E-state index in [-0.39, 0.29) is 11.3 Å². The van der Waals surface area contributed by atoms with Crippen LogP contribution in [0.4, 0.5) is 5.69 Å². The van der Waals surface area contributed by atoms with Gasteiger partial charge in [-0.3, -0.25) is 9.69 Å². The topological polar surface area (TPSA) is 88.1 Å². The summed E-state index contributed by atoms with van der Waals surface area (Å²) in [6, 6.07) is 11.7. The normalized spacial score (nSPS) is 14.0. The van der Waals surface area contributed by atoms with E-state index in [4.69, 9.17) is 9.47 Å². The van der Waals surface area contributed by atoms with Gasteiger partial charge in [-0.2, -0.15) is 0 Å². The van der Waals surface area contributed by atoms with Gasteiger partial charge in [0.15, 0.2) is 11.5 Å². The molecule has 0 atom stereocenters. The Kier molecular flexibility index (Phi) is 7.45. The molecule has 1 saturated heterocycles. The monoisotopic (exact) mass is 410 g/mol. The van der Waals surface area contributed by atoms with Gasteiger partial charge in [0, 0.05) is 12.6 Å². The molecule has 1 fully saturated rings. The van der Waals surface area contributed by atoms with Gasteiger partial charge in [-0.1, -0.05) is 18.2 Å². The van der Waals surface area contributed by atoms with Gasteiger partial charge in [0.1, 0.15) is 6.61 Å². The minimum atomic E-state index is -1.10. The number of carboxylic acid groups (broad SMARTS) is 1. The van der Waals surface area contributed by atoms with Gasteiger partial charge >= 0.3 is 5.97 Å². The Morgan fingerprint density at radius 1 is 1.13 bits per heavy atom. The number of aromatic carboxylic acids is 1. The predicted molar refractivity (Wildman–Crippen MR) is 115 cm³/mol. The minimum absolute atomic E-state index is 0.0383. The molecule has 0 aliphatic carbocycles. The van der Waals surface area contributed by atoms with E-state index >= 15 is 0 Å². The number of nitrogens with one attached hydrogen (secondary N) is 1. The van der Waals surface area contributed by atoms with E-state index in [9.17, 15) is 14.7 Å². The predicted octanol–water partition coefficient (Wildman–Crippen LogP) is 3.52. The van der Waals surface area contributed by atoms with Crippen LogP contribution in [0.3, 0.4) is 0 Å². The van der Waals surface area contributed by atoms with Gasteiger partial charge in [-0.25, -0.2) is 4.79 Å². The van der Waals surface area contributed by atoms with E-state index in [1.165, 1.54) is 25.0 Å². The van der Waals surface area contributed by atoms with Crippen molar-refractivity contribution >= 4 is 23.6 Å². The van der Waals surface area contributed by atoms with Crippen LogP contribution >= 0.6 is 0 Å². The van der Waals surface area contributed by atoms with Crippen molar-refractivity contribution in [1.29, 1.82) is 0 Å². The Labute approximate surface area is 175 Å². The Hall–Kier alpha value is -3.32. The lowest BCUT2D eigenvalue weighted by atomic mass is 10.1. The number of hydrogen-bond donors (Lipinski definition) is 2. The number of methoxy groups -OCH3 is 1. The van der Waals surface area contributed by atoms with E-state index in [0.717, 1.165) is 25.2 Å². The fourth-order valence-electron chi connectivity index (χ4n) is 3.32. The molecule has 0 spiro atoms. The number of nitrogens with zero attached hydrogens (tertiary/aromatic N) is 1. The molecule has 7 nitrogen and oxygen atoms in total. The molecule has 158 valence electrons. The van der Waals surface area contributed by atoms with Gasteiger partial charge in [-0.05, 0) is 61.8 Å². The summed E-state index contributed by atoms with van der Waals surface area (Å²) in [5.74, 6) is -0.266. The van der Waals surface area contributed by atoms with Gasteiger partial charge in [0.05, 0.1) is 18.4 Å². The highest BCUT2D eigenvalue weighted by Gasteiger charge is 2.12. The van der Waals surface area contributed by atoms with Crippen LogP contribution in [0.1, 0.15) is 28.8 Å². The standard InChI is InChI=1S/C23H26N2O5/c1-29-21-16-17(8-10-20(21)30-15-14-25-12-4-5-13-25)9-11-22(26)24-19-7-3-2-6-18(19)23(27)28/h2-3,6-11,16H,4-5,12-15H2,1H3,(H,24,26)(H,27,28)/b11-9+. The molecule has 0 radical (unpaired) electrons. The lowest BCUT2D eigenvalue weighted by Crippen LogP contribution is -2.25. The third-order valence-electron chi connectivity index (χ3n) is 4.89. The zero-order valence-corrected chi connectivity index (χ0v) is 17.0. The molecule has 2 N–H and O–H groups in total. The lowest BCUT2D eigenvalue weighted by Gasteiger charge is -2.16. The van der Waals surface area contributed by atoms with Crippen LogP contribution < -0.4 is 14.8 Å². The van der Waals surface area contributed by atoms with Crippen molar-refractivity contribution in [2.24, 2.45) is 0 Å². The van der Waals surface area contributed by atoms with Gasteiger partial charge in [0.25, 0.3) is 0 Å². The number of anilines is 1. The van der Waals surface area contributed by atoms with Crippen molar-refractivity contribution in [3.63, 3.8) is 0 Å². The van der Waals surface area contributed by atoms with E-state index in [1.54, 1.807) is 37.5 Å². The third-order valence-corrected chi connectivity index (χ3v) is 4.89. The van der Waals surface area contributed by atoms with Crippen LogP contribution in [-0.2, 0) is 4.79 Å².